The van der Waals surface area contributed by atoms with Crippen LogP contribution >= 0.6 is 0 Å². The highest BCUT2D eigenvalue weighted by atomic mass is 19.1. The number of piperazine rings is 1. The maximum Gasteiger partial charge on any atom is 0.341 e. The molecule has 0 saturated carbocycles. The van der Waals surface area contributed by atoms with Crippen molar-refractivity contribution in [2.45, 2.75) is 31.8 Å². The topological polar surface area (TPSA) is 58.6 Å². The Morgan fingerprint density at radius 1 is 1.11 bits per heavy atom. The van der Waals surface area contributed by atoms with Crippen LogP contribution in [0.5, 0.6) is 0 Å². The van der Waals surface area contributed by atoms with Gasteiger partial charge < -0.3 is 15.0 Å². The molecule has 1 saturated heterocycles. The largest absolute Gasteiger partial charge is 0.462 e. The number of nitrogens with zero attached hydrogens (tertiary/aromatic N) is 1. The van der Waals surface area contributed by atoms with Gasteiger partial charge in [0.1, 0.15) is 11.4 Å². The van der Waals surface area contributed by atoms with E-state index in [1.807, 2.05) is 36.4 Å². The average molecular weight is 511 g/mol. The van der Waals surface area contributed by atoms with Gasteiger partial charge in [-0.2, -0.15) is 0 Å². The minimum atomic E-state index is -0.811. The van der Waals surface area contributed by atoms with E-state index in [2.05, 4.69) is 47.3 Å². The van der Waals surface area contributed by atoms with Gasteiger partial charge in [0.05, 0.1) is 12.1 Å². The molecule has 38 heavy (non-hydrogen) atoms. The van der Waals surface area contributed by atoms with Crippen molar-refractivity contribution in [2.75, 3.05) is 24.6 Å². The third-order valence-corrected chi connectivity index (χ3v) is 7.14. The molecule has 1 heterocycles. The molecule has 0 radical (unpaired) electrons. The molecule has 2 unspecified atom stereocenters. The first-order valence-corrected chi connectivity index (χ1v) is 12.6. The van der Waals surface area contributed by atoms with E-state index in [9.17, 15) is 14.0 Å². The molecule has 4 rings (SSSR count). The van der Waals surface area contributed by atoms with Crippen LogP contribution in [0.15, 0.2) is 84.4 Å². The molecule has 5 nitrogen and oxygen atoms in total. The number of ether oxygens (including phenoxy) is 1. The standard InChI is InChI=1S/C32H31FN2O3/c1-4-25-12-11-17-30(33)29(25)22-28(23(2)36)31(37)38-21-18-32(26-13-7-5-8-14-26)24(3)34-19-20-35(32)27-15-9-6-10-16-27/h1,5-17,22,24,34H,18-21H2,2-3H3. The van der Waals surface area contributed by atoms with E-state index >= 15 is 0 Å². The van der Waals surface area contributed by atoms with Gasteiger partial charge >= 0.3 is 5.97 Å². The fourth-order valence-electron chi connectivity index (χ4n) is 5.23. The van der Waals surface area contributed by atoms with Crippen LogP contribution in [0.1, 0.15) is 37.0 Å². The Balaban J connectivity index is 1.64. The predicted molar refractivity (Wildman–Crippen MR) is 148 cm³/mol. The summed E-state index contributed by atoms with van der Waals surface area (Å²) >= 11 is 0. The minimum Gasteiger partial charge on any atom is -0.462 e. The van der Waals surface area contributed by atoms with Crippen LogP contribution in [0.2, 0.25) is 0 Å². The normalized spacial score (nSPS) is 19.5. The van der Waals surface area contributed by atoms with Crippen LogP contribution in [0.25, 0.3) is 6.08 Å². The van der Waals surface area contributed by atoms with Gasteiger partial charge in [0, 0.05) is 42.4 Å². The highest BCUT2D eigenvalue weighted by Gasteiger charge is 2.45. The molecule has 1 aliphatic heterocycles. The van der Waals surface area contributed by atoms with Crippen molar-refractivity contribution in [3.05, 3.63) is 107 Å². The molecule has 3 aromatic rings. The zero-order valence-electron chi connectivity index (χ0n) is 21.6. The smallest absolute Gasteiger partial charge is 0.341 e. The van der Waals surface area contributed by atoms with Gasteiger partial charge in [-0.15, -0.1) is 6.42 Å². The van der Waals surface area contributed by atoms with Crippen LogP contribution in [0.3, 0.4) is 0 Å². The summed E-state index contributed by atoms with van der Waals surface area (Å²) < 4.78 is 20.2. The lowest BCUT2D eigenvalue weighted by atomic mass is 9.77. The Morgan fingerprint density at radius 3 is 2.45 bits per heavy atom. The molecule has 0 aliphatic carbocycles. The number of Topliss-reactive ketones (excluding diaryl/α,β-unsaturated/α-hetero) is 1. The van der Waals surface area contributed by atoms with Crippen LogP contribution in [-0.2, 0) is 19.9 Å². The molecule has 2 atom stereocenters. The first kappa shape index (κ1) is 26.8. The number of nitrogens with one attached hydrogen (secondary N) is 1. The highest BCUT2D eigenvalue weighted by molar-refractivity contribution is 6.19. The summed E-state index contributed by atoms with van der Waals surface area (Å²) in [7, 11) is 0. The lowest BCUT2D eigenvalue weighted by Gasteiger charge is -2.53. The van der Waals surface area contributed by atoms with Crippen LogP contribution < -0.4 is 10.2 Å². The van der Waals surface area contributed by atoms with Crippen LogP contribution in [-0.4, -0.2) is 37.5 Å². The van der Waals surface area contributed by atoms with Crippen molar-refractivity contribution in [3.8, 4) is 12.3 Å². The van der Waals surface area contributed by atoms with E-state index in [0.29, 0.717) is 6.42 Å². The quantitative estimate of drug-likeness (QED) is 0.150. The van der Waals surface area contributed by atoms with E-state index in [0.717, 1.165) is 24.3 Å². The summed E-state index contributed by atoms with van der Waals surface area (Å²) in [5.41, 5.74) is 1.64. The fourth-order valence-corrected chi connectivity index (χ4v) is 5.23. The molecule has 1 fully saturated rings. The molecule has 3 aromatic carbocycles. The van der Waals surface area contributed by atoms with Gasteiger partial charge in [-0.25, -0.2) is 9.18 Å². The van der Waals surface area contributed by atoms with E-state index in [4.69, 9.17) is 11.2 Å². The Labute approximate surface area is 223 Å². The zero-order valence-corrected chi connectivity index (χ0v) is 21.6. The summed E-state index contributed by atoms with van der Waals surface area (Å²) in [4.78, 5) is 27.8. The lowest BCUT2D eigenvalue weighted by Crippen LogP contribution is -2.64. The Bertz CT molecular complexity index is 1360. The maximum absolute atomic E-state index is 14.5. The third kappa shape index (κ3) is 5.39. The molecule has 1 aliphatic rings. The number of esters is 1. The number of hydrogen-bond acceptors (Lipinski definition) is 5. The minimum absolute atomic E-state index is 0.0123. The van der Waals surface area contributed by atoms with E-state index < -0.39 is 23.1 Å². The van der Waals surface area contributed by atoms with Crippen molar-refractivity contribution in [3.63, 3.8) is 0 Å². The number of carbonyl (C=O) groups excluding carboxylic acids is 2. The molecule has 0 amide bonds. The Kier molecular flexibility index (Phi) is 8.40. The second kappa shape index (κ2) is 11.9. The summed E-state index contributed by atoms with van der Waals surface area (Å²) in [6, 6.07) is 24.6. The predicted octanol–water partition coefficient (Wildman–Crippen LogP) is 5.11. The van der Waals surface area contributed by atoms with Gasteiger partial charge in [-0.3, -0.25) is 4.79 Å². The number of carbonyl (C=O) groups is 2. The number of para-hydroxylation sites is 1. The van der Waals surface area contributed by atoms with Gasteiger partial charge in [-0.05, 0) is 49.8 Å². The van der Waals surface area contributed by atoms with Crippen LogP contribution in [0.4, 0.5) is 10.1 Å². The van der Waals surface area contributed by atoms with Gasteiger partial charge in [-0.1, -0.05) is 60.5 Å². The first-order chi connectivity index (χ1) is 18.4. The summed E-state index contributed by atoms with van der Waals surface area (Å²) in [5.74, 6) is 0.438. The lowest BCUT2D eigenvalue weighted by molar-refractivity contribution is -0.140. The number of anilines is 1. The van der Waals surface area contributed by atoms with Crippen molar-refractivity contribution in [1.29, 1.82) is 0 Å². The van der Waals surface area contributed by atoms with Crippen molar-refractivity contribution < 1.29 is 18.7 Å². The number of benzene rings is 3. The van der Waals surface area contributed by atoms with Gasteiger partial charge in [0.25, 0.3) is 0 Å². The zero-order chi connectivity index (χ0) is 27.1. The molecule has 6 heteroatoms. The van der Waals surface area contributed by atoms with Crippen molar-refractivity contribution in [2.24, 2.45) is 0 Å². The highest BCUT2D eigenvalue weighted by Crippen LogP contribution is 2.40. The van der Waals surface area contributed by atoms with Crippen molar-refractivity contribution >= 4 is 23.5 Å². The summed E-state index contributed by atoms with van der Waals surface area (Å²) in [5, 5.41) is 3.59. The Morgan fingerprint density at radius 2 is 1.79 bits per heavy atom. The number of ketones is 1. The van der Waals surface area contributed by atoms with Crippen molar-refractivity contribution in [1.82, 2.24) is 5.32 Å². The number of halogens is 1. The molecule has 0 aromatic heterocycles. The molecule has 1 N–H and O–H groups in total. The van der Waals surface area contributed by atoms with E-state index in [1.165, 1.54) is 25.1 Å². The van der Waals surface area contributed by atoms with Crippen LogP contribution in [0, 0.1) is 18.2 Å². The maximum atomic E-state index is 14.5. The SMILES string of the molecule is C#Cc1cccc(F)c1C=C(C(C)=O)C(=O)OCCC1(c2ccccc2)C(C)NCCN1c1ccccc1. The first-order valence-electron chi connectivity index (χ1n) is 12.6. The summed E-state index contributed by atoms with van der Waals surface area (Å²) in [6.45, 7) is 5.00. The molecular weight excluding hydrogens is 479 g/mol. The monoisotopic (exact) mass is 510 g/mol. The molecular formula is C32H31FN2O3. The van der Waals surface area contributed by atoms with Gasteiger partial charge in [0.15, 0.2) is 5.78 Å². The van der Waals surface area contributed by atoms with E-state index in [-0.39, 0.29) is 29.3 Å². The average Bonchev–Trinajstić information content (AvgIpc) is 2.93. The fraction of sp³-hybridized carbons (Fsp3) is 0.250. The number of hydrogen-bond donors (Lipinski definition) is 1. The molecule has 194 valence electrons. The van der Waals surface area contributed by atoms with E-state index in [1.54, 1.807) is 6.07 Å². The number of rotatable bonds is 8. The Hall–Kier alpha value is -4.21. The second-order valence-electron chi connectivity index (χ2n) is 9.30. The second-order valence-corrected chi connectivity index (χ2v) is 9.30. The molecule has 0 bridgehead atoms. The summed E-state index contributed by atoms with van der Waals surface area (Å²) in [6.07, 6.45) is 7.14. The number of terminal acetylenes is 1. The van der Waals surface area contributed by atoms with Gasteiger partial charge in [0.2, 0.25) is 0 Å². The molecule has 0 spiro atoms. The third-order valence-electron chi connectivity index (χ3n) is 7.14.